The van der Waals surface area contributed by atoms with E-state index in [0.29, 0.717) is 12.0 Å². The molecule has 0 heterocycles. The van der Waals surface area contributed by atoms with Crippen LogP contribution in [-0.4, -0.2) is 20.8 Å². The Morgan fingerprint density at radius 3 is 2.25 bits per heavy atom. The second-order valence-electron chi connectivity index (χ2n) is 5.12. The molecule has 0 saturated carbocycles. The Hall–Kier alpha value is -1.22. The van der Waals surface area contributed by atoms with Crippen molar-refractivity contribution in [1.82, 2.24) is 5.32 Å². The maximum atomic E-state index is 5.55. The van der Waals surface area contributed by atoms with E-state index < -0.39 is 0 Å². The summed E-state index contributed by atoms with van der Waals surface area (Å²) in [4.78, 5) is 0. The summed E-state index contributed by atoms with van der Waals surface area (Å²) in [6, 6.07) is 6.36. The Morgan fingerprint density at radius 2 is 1.75 bits per heavy atom. The number of hydrogen-bond donors (Lipinski definition) is 1. The van der Waals surface area contributed by atoms with Gasteiger partial charge in [0.15, 0.2) is 0 Å². The molecule has 3 heteroatoms. The molecule has 0 aliphatic rings. The van der Waals surface area contributed by atoms with Gasteiger partial charge in [-0.25, -0.2) is 0 Å². The fraction of sp³-hybridized carbons (Fsp3) is 0.647. The average molecular weight is 279 g/mol. The number of nitrogens with one attached hydrogen (secondary N) is 1. The fourth-order valence-electron chi connectivity index (χ4n) is 2.67. The molecule has 0 amide bonds. The van der Waals surface area contributed by atoms with Crippen LogP contribution in [0.25, 0.3) is 0 Å². The molecule has 0 aromatic heterocycles. The minimum absolute atomic E-state index is 0.315. The Balaban J connectivity index is 3.15. The van der Waals surface area contributed by atoms with Gasteiger partial charge in [-0.2, -0.15) is 0 Å². The molecule has 3 nitrogen and oxygen atoms in total. The molecule has 1 aromatic rings. The van der Waals surface area contributed by atoms with Crippen molar-refractivity contribution < 1.29 is 9.47 Å². The number of benzene rings is 1. The number of hydrogen-bond acceptors (Lipinski definition) is 3. The van der Waals surface area contributed by atoms with Gasteiger partial charge < -0.3 is 14.8 Å². The first-order valence-corrected chi connectivity index (χ1v) is 7.66. The van der Waals surface area contributed by atoms with Gasteiger partial charge in [-0.1, -0.05) is 33.6 Å². The molecule has 0 aliphatic heterocycles. The Morgan fingerprint density at radius 1 is 1.05 bits per heavy atom. The maximum Gasteiger partial charge on any atom is 0.123 e. The van der Waals surface area contributed by atoms with E-state index in [4.69, 9.17) is 9.47 Å². The molecular weight excluding hydrogens is 250 g/mol. The molecule has 0 bridgehead atoms. The number of ether oxygens (including phenoxy) is 2. The van der Waals surface area contributed by atoms with Gasteiger partial charge in [0.1, 0.15) is 11.5 Å². The van der Waals surface area contributed by atoms with Crippen LogP contribution in [0.15, 0.2) is 18.2 Å². The third-order valence-electron chi connectivity index (χ3n) is 3.91. The topological polar surface area (TPSA) is 30.5 Å². The van der Waals surface area contributed by atoms with Crippen LogP contribution in [0, 0.1) is 5.92 Å². The molecule has 20 heavy (non-hydrogen) atoms. The van der Waals surface area contributed by atoms with Crippen LogP contribution in [0.5, 0.6) is 11.5 Å². The summed E-state index contributed by atoms with van der Waals surface area (Å²) in [5.74, 6) is 2.42. The van der Waals surface area contributed by atoms with E-state index in [1.807, 2.05) is 12.1 Å². The van der Waals surface area contributed by atoms with Gasteiger partial charge in [0.25, 0.3) is 0 Å². The van der Waals surface area contributed by atoms with E-state index in [9.17, 15) is 0 Å². The van der Waals surface area contributed by atoms with E-state index in [1.165, 1.54) is 5.56 Å². The van der Waals surface area contributed by atoms with Crippen molar-refractivity contribution in [1.29, 1.82) is 0 Å². The summed E-state index contributed by atoms with van der Waals surface area (Å²) < 4.78 is 10.9. The van der Waals surface area contributed by atoms with Crippen molar-refractivity contribution in [2.24, 2.45) is 5.92 Å². The summed E-state index contributed by atoms with van der Waals surface area (Å²) in [6.07, 6.45) is 3.43. The van der Waals surface area contributed by atoms with E-state index >= 15 is 0 Å². The average Bonchev–Trinajstić information content (AvgIpc) is 2.50. The number of rotatable bonds is 9. The van der Waals surface area contributed by atoms with Gasteiger partial charge in [0.05, 0.1) is 14.2 Å². The lowest BCUT2D eigenvalue weighted by atomic mass is 9.88. The largest absolute Gasteiger partial charge is 0.497 e. The van der Waals surface area contributed by atoms with Crippen LogP contribution in [0.3, 0.4) is 0 Å². The normalized spacial score (nSPS) is 12.5. The highest BCUT2D eigenvalue weighted by atomic mass is 16.5. The van der Waals surface area contributed by atoms with Gasteiger partial charge in [-0.05, 0) is 37.1 Å². The second kappa shape index (κ2) is 8.85. The van der Waals surface area contributed by atoms with Crippen molar-refractivity contribution in [3.63, 3.8) is 0 Å². The molecule has 0 spiro atoms. The lowest BCUT2D eigenvalue weighted by Crippen LogP contribution is -2.29. The lowest BCUT2D eigenvalue weighted by Gasteiger charge is -2.28. The maximum absolute atomic E-state index is 5.55. The van der Waals surface area contributed by atoms with E-state index in [2.05, 4.69) is 32.2 Å². The smallest absolute Gasteiger partial charge is 0.123 e. The molecule has 1 rings (SSSR count). The van der Waals surface area contributed by atoms with Crippen LogP contribution in [0.1, 0.15) is 51.6 Å². The minimum atomic E-state index is 0.315. The van der Waals surface area contributed by atoms with Crippen molar-refractivity contribution in [3.8, 4) is 11.5 Å². The predicted octanol–water partition coefficient (Wildman–Crippen LogP) is 4.18. The Bertz CT molecular complexity index is 389. The summed E-state index contributed by atoms with van der Waals surface area (Å²) in [6.45, 7) is 7.71. The molecule has 0 fully saturated rings. The molecule has 1 atom stereocenters. The summed E-state index contributed by atoms with van der Waals surface area (Å²) in [5, 5.41) is 3.68. The lowest BCUT2D eigenvalue weighted by molar-refractivity contribution is 0.323. The van der Waals surface area contributed by atoms with Crippen LogP contribution in [0.2, 0.25) is 0 Å². The second-order valence-corrected chi connectivity index (χ2v) is 5.12. The fourth-order valence-corrected chi connectivity index (χ4v) is 2.67. The zero-order valence-corrected chi connectivity index (χ0v) is 13.5. The molecule has 1 aromatic carbocycles. The summed E-state index contributed by atoms with van der Waals surface area (Å²) in [7, 11) is 3.44. The van der Waals surface area contributed by atoms with Gasteiger partial charge in [0, 0.05) is 11.6 Å². The zero-order valence-electron chi connectivity index (χ0n) is 13.5. The third-order valence-corrected chi connectivity index (χ3v) is 3.91. The van der Waals surface area contributed by atoms with Gasteiger partial charge in [-0.3, -0.25) is 0 Å². The standard InChI is InChI=1S/C17H29NO2/c1-6-11-18-17(13(7-2)8-3)15-12-14(19-4)9-10-16(15)20-5/h9-10,12-13,17-18H,6-8,11H2,1-5H3. The molecule has 1 N–H and O–H groups in total. The van der Waals surface area contributed by atoms with E-state index in [0.717, 1.165) is 37.3 Å². The molecule has 114 valence electrons. The zero-order chi connectivity index (χ0) is 15.0. The van der Waals surface area contributed by atoms with Crippen LogP contribution in [-0.2, 0) is 0 Å². The van der Waals surface area contributed by atoms with Gasteiger partial charge in [-0.15, -0.1) is 0 Å². The molecule has 1 unspecified atom stereocenters. The van der Waals surface area contributed by atoms with Gasteiger partial charge in [0.2, 0.25) is 0 Å². The quantitative estimate of drug-likeness (QED) is 0.735. The molecule has 0 aliphatic carbocycles. The molecule has 0 radical (unpaired) electrons. The van der Waals surface area contributed by atoms with Crippen molar-refractivity contribution in [2.75, 3.05) is 20.8 Å². The molecule has 0 saturated heterocycles. The summed E-state index contributed by atoms with van der Waals surface area (Å²) in [5.41, 5.74) is 1.20. The minimum Gasteiger partial charge on any atom is -0.497 e. The van der Waals surface area contributed by atoms with E-state index in [1.54, 1.807) is 14.2 Å². The first-order chi connectivity index (χ1) is 9.71. The number of methoxy groups -OCH3 is 2. The first-order valence-electron chi connectivity index (χ1n) is 7.66. The summed E-state index contributed by atoms with van der Waals surface area (Å²) >= 11 is 0. The van der Waals surface area contributed by atoms with E-state index in [-0.39, 0.29) is 0 Å². The first kappa shape index (κ1) is 16.8. The van der Waals surface area contributed by atoms with Crippen LogP contribution in [0.4, 0.5) is 0 Å². The van der Waals surface area contributed by atoms with Crippen molar-refractivity contribution in [2.45, 2.75) is 46.1 Å². The third kappa shape index (κ3) is 4.14. The van der Waals surface area contributed by atoms with Crippen LogP contribution < -0.4 is 14.8 Å². The van der Waals surface area contributed by atoms with Gasteiger partial charge >= 0.3 is 0 Å². The molecular formula is C17H29NO2. The Labute approximate surface area is 123 Å². The SMILES string of the molecule is CCCNC(c1cc(OC)ccc1OC)C(CC)CC. The van der Waals surface area contributed by atoms with Crippen molar-refractivity contribution in [3.05, 3.63) is 23.8 Å². The predicted molar refractivity (Wildman–Crippen MR) is 84.7 cm³/mol. The van der Waals surface area contributed by atoms with Crippen molar-refractivity contribution >= 4 is 0 Å². The highest BCUT2D eigenvalue weighted by Gasteiger charge is 2.23. The highest BCUT2D eigenvalue weighted by Crippen LogP contribution is 2.35. The Kier molecular flexibility index (Phi) is 7.45. The monoisotopic (exact) mass is 279 g/mol. The van der Waals surface area contributed by atoms with Crippen LogP contribution >= 0.6 is 0 Å². The highest BCUT2D eigenvalue weighted by molar-refractivity contribution is 5.42.